The van der Waals surface area contributed by atoms with E-state index in [4.69, 9.17) is 9.47 Å². The summed E-state index contributed by atoms with van der Waals surface area (Å²) in [5, 5.41) is 0. The van der Waals surface area contributed by atoms with E-state index in [0.29, 0.717) is 30.0 Å². The van der Waals surface area contributed by atoms with Crippen molar-refractivity contribution in [1.29, 1.82) is 0 Å². The highest BCUT2D eigenvalue weighted by Gasteiger charge is 2.28. The zero-order chi connectivity index (χ0) is 16.1. The first-order chi connectivity index (χ1) is 9.73. The van der Waals surface area contributed by atoms with Crippen molar-refractivity contribution in [2.75, 3.05) is 19.0 Å². The molecule has 0 aromatic heterocycles. The maximum absolute atomic E-state index is 12.0. The second kappa shape index (κ2) is 6.93. The van der Waals surface area contributed by atoms with Gasteiger partial charge >= 0.3 is 0 Å². The van der Waals surface area contributed by atoms with Crippen LogP contribution in [0, 0.1) is 0 Å². The molecule has 0 unspecified atom stereocenters. The normalized spacial score (nSPS) is 12.0. The summed E-state index contributed by atoms with van der Waals surface area (Å²) >= 11 is 0. The summed E-state index contributed by atoms with van der Waals surface area (Å²) in [5.74, 6) is 0.614. The van der Waals surface area contributed by atoms with Gasteiger partial charge in [0.15, 0.2) is 27.6 Å². The molecule has 0 aliphatic heterocycles. The van der Waals surface area contributed by atoms with Gasteiger partial charge in [0.25, 0.3) is 0 Å². The van der Waals surface area contributed by atoms with Crippen molar-refractivity contribution in [3.05, 3.63) is 23.8 Å². The van der Waals surface area contributed by atoms with E-state index in [1.165, 1.54) is 0 Å². The van der Waals surface area contributed by atoms with E-state index in [9.17, 15) is 13.2 Å². The Morgan fingerprint density at radius 1 is 1.19 bits per heavy atom. The van der Waals surface area contributed by atoms with Gasteiger partial charge in [-0.1, -0.05) is 6.07 Å². The smallest absolute Gasteiger partial charge is 0.171 e. The van der Waals surface area contributed by atoms with Gasteiger partial charge in [-0.25, -0.2) is 8.42 Å². The molecule has 5 nitrogen and oxygen atoms in total. The lowest BCUT2D eigenvalue weighted by molar-refractivity contribution is 0.111. The molecular formula is C15H22O5S. The molecule has 1 aromatic rings. The molecular weight excluding hydrogens is 292 g/mol. The predicted molar refractivity (Wildman–Crippen MR) is 82.0 cm³/mol. The Bertz CT molecular complexity index is 585. The zero-order valence-electron chi connectivity index (χ0n) is 12.9. The van der Waals surface area contributed by atoms with Crippen molar-refractivity contribution in [2.45, 2.75) is 32.4 Å². The topological polar surface area (TPSA) is 69.7 Å². The molecule has 0 amide bonds. The fourth-order valence-electron chi connectivity index (χ4n) is 1.61. The van der Waals surface area contributed by atoms with E-state index in [0.717, 1.165) is 0 Å². The van der Waals surface area contributed by atoms with Crippen molar-refractivity contribution in [1.82, 2.24) is 0 Å². The number of hydrogen-bond acceptors (Lipinski definition) is 5. The van der Waals surface area contributed by atoms with E-state index in [1.807, 2.05) is 6.92 Å². The average Bonchev–Trinajstić information content (AvgIpc) is 2.39. The second-order valence-electron chi connectivity index (χ2n) is 5.51. The van der Waals surface area contributed by atoms with E-state index in [-0.39, 0.29) is 12.4 Å². The fourth-order valence-corrected chi connectivity index (χ4v) is 2.52. The first-order valence-electron chi connectivity index (χ1n) is 6.79. The molecule has 0 saturated carbocycles. The number of para-hydroxylation sites is 1. The van der Waals surface area contributed by atoms with Crippen LogP contribution in [0.1, 0.15) is 38.1 Å². The molecule has 21 heavy (non-hydrogen) atoms. The molecule has 0 heterocycles. The van der Waals surface area contributed by atoms with Gasteiger partial charge in [0.05, 0.1) is 22.7 Å². The van der Waals surface area contributed by atoms with Crippen molar-refractivity contribution < 1.29 is 22.7 Å². The molecule has 0 saturated heterocycles. The predicted octanol–water partition coefficient (Wildman–Crippen LogP) is 2.49. The highest BCUT2D eigenvalue weighted by atomic mass is 32.2. The van der Waals surface area contributed by atoms with E-state index < -0.39 is 14.6 Å². The molecule has 0 bridgehead atoms. The number of carbonyl (C=O) groups is 1. The van der Waals surface area contributed by atoms with Crippen LogP contribution in [0.25, 0.3) is 0 Å². The zero-order valence-corrected chi connectivity index (χ0v) is 13.7. The first-order valence-corrected chi connectivity index (χ1v) is 8.44. The summed E-state index contributed by atoms with van der Waals surface area (Å²) in [7, 11) is -3.27. The monoisotopic (exact) mass is 314 g/mol. The molecule has 1 rings (SSSR count). The highest BCUT2D eigenvalue weighted by Crippen LogP contribution is 2.30. The van der Waals surface area contributed by atoms with Gasteiger partial charge in [-0.3, -0.25) is 4.79 Å². The molecule has 0 aliphatic rings. The Morgan fingerprint density at radius 2 is 1.86 bits per heavy atom. The number of sulfone groups is 1. The average molecular weight is 314 g/mol. The third-order valence-electron chi connectivity index (χ3n) is 2.97. The molecule has 0 radical (unpaired) electrons. The lowest BCUT2D eigenvalue weighted by atomic mass is 10.2. The Labute approximate surface area is 126 Å². The quantitative estimate of drug-likeness (QED) is 0.723. The van der Waals surface area contributed by atoms with Gasteiger partial charge in [-0.2, -0.15) is 0 Å². The van der Waals surface area contributed by atoms with Gasteiger partial charge in [0.2, 0.25) is 0 Å². The minimum Gasteiger partial charge on any atom is -0.490 e. The van der Waals surface area contributed by atoms with Crippen LogP contribution >= 0.6 is 0 Å². The fraction of sp³-hybridized carbons (Fsp3) is 0.533. The van der Waals surface area contributed by atoms with Gasteiger partial charge in [-0.05, 0) is 39.8 Å². The SMILES string of the molecule is CCOc1cccc(C=O)c1OCCS(=O)(=O)C(C)(C)C. The summed E-state index contributed by atoms with van der Waals surface area (Å²) < 4.78 is 34.1. The lowest BCUT2D eigenvalue weighted by Gasteiger charge is -2.20. The van der Waals surface area contributed by atoms with Gasteiger partial charge < -0.3 is 9.47 Å². The van der Waals surface area contributed by atoms with Crippen LogP contribution in [0.15, 0.2) is 18.2 Å². The maximum atomic E-state index is 12.0. The highest BCUT2D eigenvalue weighted by molar-refractivity contribution is 7.92. The van der Waals surface area contributed by atoms with Crippen LogP contribution in [-0.4, -0.2) is 38.4 Å². The third-order valence-corrected chi connectivity index (χ3v) is 5.54. The molecule has 6 heteroatoms. The van der Waals surface area contributed by atoms with Crippen molar-refractivity contribution in [2.24, 2.45) is 0 Å². The maximum Gasteiger partial charge on any atom is 0.171 e. The number of benzene rings is 1. The molecule has 118 valence electrons. The Kier molecular flexibility index (Phi) is 5.78. The van der Waals surface area contributed by atoms with Gasteiger partial charge in [0.1, 0.15) is 6.61 Å². The standard InChI is InChI=1S/C15H22O5S/c1-5-19-13-8-6-7-12(11-16)14(13)20-9-10-21(17,18)15(2,3)4/h6-8,11H,5,9-10H2,1-4H3. The van der Waals surface area contributed by atoms with Crippen LogP contribution in [0.4, 0.5) is 0 Å². The first kappa shape index (κ1) is 17.5. The van der Waals surface area contributed by atoms with Crippen LogP contribution in [-0.2, 0) is 9.84 Å². The molecule has 0 fully saturated rings. The summed E-state index contributed by atoms with van der Waals surface area (Å²) in [6.07, 6.45) is 0.663. The number of rotatable bonds is 7. The minimum atomic E-state index is -3.27. The van der Waals surface area contributed by atoms with Crippen LogP contribution in [0.3, 0.4) is 0 Å². The third kappa shape index (κ3) is 4.46. The second-order valence-corrected chi connectivity index (χ2v) is 8.37. The largest absolute Gasteiger partial charge is 0.490 e. The Balaban J connectivity index is 2.87. The lowest BCUT2D eigenvalue weighted by Crippen LogP contribution is -2.32. The summed E-state index contributed by atoms with van der Waals surface area (Å²) in [4.78, 5) is 11.0. The Hall–Kier alpha value is -1.56. The summed E-state index contributed by atoms with van der Waals surface area (Å²) in [6, 6.07) is 4.97. The van der Waals surface area contributed by atoms with Gasteiger partial charge in [-0.15, -0.1) is 0 Å². The number of aldehydes is 1. The van der Waals surface area contributed by atoms with Crippen LogP contribution in [0.5, 0.6) is 11.5 Å². The van der Waals surface area contributed by atoms with E-state index in [2.05, 4.69) is 0 Å². The molecule has 1 aromatic carbocycles. The number of ether oxygens (including phenoxy) is 2. The molecule has 0 atom stereocenters. The molecule has 0 aliphatic carbocycles. The van der Waals surface area contributed by atoms with Crippen LogP contribution < -0.4 is 9.47 Å². The van der Waals surface area contributed by atoms with E-state index in [1.54, 1.807) is 39.0 Å². The number of hydrogen-bond donors (Lipinski definition) is 0. The minimum absolute atomic E-state index is 0.0233. The number of carbonyl (C=O) groups excluding carboxylic acids is 1. The molecule has 0 N–H and O–H groups in total. The van der Waals surface area contributed by atoms with E-state index >= 15 is 0 Å². The molecule has 0 spiro atoms. The summed E-state index contributed by atoms with van der Waals surface area (Å²) in [5.41, 5.74) is 0.342. The van der Waals surface area contributed by atoms with Crippen molar-refractivity contribution >= 4 is 16.1 Å². The van der Waals surface area contributed by atoms with Gasteiger partial charge in [0, 0.05) is 0 Å². The Morgan fingerprint density at radius 3 is 2.38 bits per heavy atom. The summed E-state index contributed by atoms with van der Waals surface area (Å²) in [6.45, 7) is 7.17. The van der Waals surface area contributed by atoms with Crippen molar-refractivity contribution in [3.63, 3.8) is 0 Å². The van der Waals surface area contributed by atoms with Crippen LogP contribution in [0.2, 0.25) is 0 Å². The van der Waals surface area contributed by atoms with Crippen molar-refractivity contribution in [3.8, 4) is 11.5 Å².